The molecule has 0 fully saturated rings. The number of pyridine rings is 1. The van der Waals surface area contributed by atoms with Crippen LogP contribution in [-0.2, 0) is 30.4 Å². The number of nitrogens with zero attached hydrogens (tertiary/aromatic N) is 1. The molecule has 35 heavy (non-hydrogen) atoms. The fraction of sp³-hybridized carbons (Fsp3) is 0.0500. The molecule has 1 heterocycles. The number of benzene rings is 3. The van der Waals surface area contributed by atoms with Gasteiger partial charge in [0.15, 0.2) is 0 Å². The van der Waals surface area contributed by atoms with E-state index in [4.69, 9.17) is 0 Å². The maximum Gasteiger partial charge on any atom is 1.00 e. The second kappa shape index (κ2) is 9.38. The van der Waals surface area contributed by atoms with E-state index in [2.05, 4.69) is 10.3 Å². The van der Waals surface area contributed by atoms with Crippen molar-refractivity contribution in [2.75, 3.05) is 5.32 Å². The Bertz CT molecular complexity index is 1820. The second-order valence-electron chi connectivity index (χ2n) is 7.33. The standard InChI is InChI=1S/C20H16N2O9S3.Na/c1-11-8-17(13-4-2-3-5-15(13)21-11)22-16-6-7-18(33(26,27)28)14-9-12(32(23,24)25)10-19(20(14)16)34(29,30)31;/h2-10H,1H3,(H,21,22)(H,23,24,25)(H,26,27,28)(H,29,30,31);/q;+1. The molecule has 4 N–H and O–H groups in total. The van der Waals surface area contributed by atoms with Gasteiger partial charge in [0.1, 0.15) is 9.79 Å². The molecule has 1 aromatic heterocycles. The minimum absolute atomic E-state index is 0. The Kier molecular flexibility index (Phi) is 7.36. The summed E-state index contributed by atoms with van der Waals surface area (Å²) in [7, 11) is -15.1. The Balaban J connectivity index is 0.00000342. The Labute approximate surface area is 222 Å². The summed E-state index contributed by atoms with van der Waals surface area (Å²) in [5.41, 5.74) is 1.62. The van der Waals surface area contributed by atoms with Crippen molar-refractivity contribution in [3.63, 3.8) is 0 Å². The van der Waals surface area contributed by atoms with E-state index in [9.17, 15) is 38.9 Å². The number of aryl methyl sites for hydroxylation is 1. The van der Waals surface area contributed by atoms with Gasteiger partial charge in [-0.05, 0) is 43.3 Å². The largest absolute Gasteiger partial charge is 1.00 e. The molecule has 0 spiro atoms. The van der Waals surface area contributed by atoms with Gasteiger partial charge in [-0.15, -0.1) is 0 Å². The molecular weight excluding hydrogens is 531 g/mol. The van der Waals surface area contributed by atoms with Crippen molar-refractivity contribution >= 4 is 63.4 Å². The maximum absolute atomic E-state index is 12.2. The van der Waals surface area contributed by atoms with E-state index in [-0.39, 0.29) is 35.2 Å². The maximum atomic E-state index is 12.2. The molecule has 0 unspecified atom stereocenters. The third kappa shape index (κ3) is 5.50. The first-order valence-corrected chi connectivity index (χ1v) is 13.6. The summed E-state index contributed by atoms with van der Waals surface area (Å²) in [6.45, 7) is 1.72. The van der Waals surface area contributed by atoms with E-state index >= 15 is 0 Å². The van der Waals surface area contributed by atoms with Crippen LogP contribution in [0.4, 0.5) is 11.4 Å². The van der Waals surface area contributed by atoms with Crippen LogP contribution >= 0.6 is 0 Å². The summed E-state index contributed by atoms with van der Waals surface area (Å²) >= 11 is 0. The first-order valence-electron chi connectivity index (χ1n) is 9.33. The summed E-state index contributed by atoms with van der Waals surface area (Å²) in [4.78, 5) is 1.57. The van der Waals surface area contributed by atoms with Gasteiger partial charge < -0.3 is 5.32 Å². The summed E-state index contributed by atoms with van der Waals surface area (Å²) in [6, 6.07) is 11.9. The van der Waals surface area contributed by atoms with Crippen molar-refractivity contribution in [1.82, 2.24) is 4.98 Å². The van der Waals surface area contributed by atoms with Gasteiger partial charge in [0.05, 0.1) is 10.4 Å². The number of anilines is 2. The molecule has 0 bridgehead atoms. The third-order valence-corrected chi connectivity index (χ3v) is 7.60. The predicted octanol–water partition coefficient (Wildman–Crippen LogP) is 0.184. The number of fused-ring (bicyclic) bond motifs is 2. The van der Waals surface area contributed by atoms with Crippen molar-refractivity contribution in [2.45, 2.75) is 21.6 Å². The molecule has 15 heteroatoms. The zero-order valence-corrected chi connectivity index (χ0v) is 22.6. The van der Waals surface area contributed by atoms with Crippen molar-refractivity contribution < 1.29 is 68.5 Å². The van der Waals surface area contributed by atoms with Crippen LogP contribution in [0.15, 0.2) is 69.3 Å². The van der Waals surface area contributed by atoms with Gasteiger partial charge in [0, 0.05) is 33.2 Å². The van der Waals surface area contributed by atoms with Crippen LogP contribution in [0.2, 0.25) is 0 Å². The molecule has 0 aliphatic carbocycles. The average molecular weight is 548 g/mol. The third-order valence-electron chi connectivity index (χ3n) is 4.98. The van der Waals surface area contributed by atoms with Crippen LogP contribution in [0.25, 0.3) is 21.7 Å². The summed E-state index contributed by atoms with van der Waals surface area (Å²) in [6.07, 6.45) is 0. The SMILES string of the molecule is Cc1cc(Nc2ccc(S(=O)(=O)O)c3cc(S(=O)(=O)O)cc(S(=O)(=O)O)c23)c2ccccc2n1.[Na+]. The topological polar surface area (TPSA) is 188 Å². The number of rotatable bonds is 5. The first-order chi connectivity index (χ1) is 15.7. The molecule has 0 saturated heterocycles. The van der Waals surface area contributed by atoms with Gasteiger partial charge in [0.25, 0.3) is 30.4 Å². The molecule has 0 radical (unpaired) electrons. The van der Waals surface area contributed by atoms with Gasteiger partial charge >= 0.3 is 29.6 Å². The smallest absolute Gasteiger partial charge is 0.354 e. The predicted molar refractivity (Wildman–Crippen MR) is 123 cm³/mol. The zero-order valence-electron chi connectivity index (χ0n) is 18.2. The molecular formula is C20H16N2NaO9S3+. The van der Waals surface area contributed by atoms with E-state index < -0.39 is 55.8 Å². The number of nitrogens with one attached hydrogen (secondary N) is 1. The van der Waals surface area contributed by atoms with Crippen LogP contribution in [0, 0.1) is 6.92 Å². The van der Waals surface area contributed by atoms with Crippen molar-refractivity contribution in [1.29, 1.82) is 0 Å². The van der Waals surface area contributed by atoms with E-state index in [1.807, 2.05) is 0 Å². The molecule has 0 aliphatic rings. The van der Waals surface area contributed by atoms with Gasteiger partial charge in [-0.25, -0.2) is 0 Å². The van der Waals surface area contributed by atoms with E-state index in [0.29, 0.717) is 34.4 Å². The Morgan fingerprint density at radius 1 is 0.714 bits per heavy atom. The molecule has 178 valence electrons. The molecule has 3 aromatic carbocycles. The van der Waals surface area contributed by atoms with E-state index in [1.165, 1.54) is 0 Å². The van der Waals surface area contributed by atoms with Crippen LogP contribution in [0.5, 0.6) is 0 Å². The second-order valence-corrected chi connectivity index (χ2v) is 11.5. The molecule has 11 nitrogen and oxygen atoms in total. The van der Waals surface area contributed by atoms with Gasteiger partial charge in [0.2, 0.25) is 0 Å². The molecule has 4 rings (SSSR count). The van der Waals surface area contributed by atoms with Gasteiger partial charge in [-0.3, -0.25) is 18.6 Å². The van der Waals surface area contributed by atoms with Gasteiger partial charge in [-0.1, -0.05) is 18.2 Å². The van der Waals surface area contributed by atoms with Crippen LogP contribution in [0.3, 0.4) is 0 Å². The fourth-order valence-electron chi connectivity index (χ4n) is 3.63. The quantitative estimate of drug-likeness (QED) is 0.197. The molecule has 0 atom stereocenters. The number of para-hydroxylation sites is 1. The Morgan fingerprint density at radius 2 is 1.34 bits per heavy atom. The number of aromatic nitrogens is 1. The van der Waals surface area contributed by atoms with Gasteiger partial charge in [-0.2, -0.15) is 25.3 Å². The summed E-state index contributed by atoms with van der Waals surface area (Å²) in [5.74, 6) is 0. The van der Waals surface area contributed by atoms with Crippen LogP contribution < -0.4 is 34.9 Å². The zero-order chi connectivity index (χ0) is 25.1. The summed E-state index contributed by atoms with van der Waals surface area (Å²) in [5, 5.41) is 2.61. The first kappa shape index (κ1) is 27.4. The summed E-state index contributed by atoms with van der Waals surface area (Å²) < 4.78 is 101. The van der Waals surface area contributed by atoms with Crippen molar-refractivity contribution in [3.05, 3.63) is 60.3 Å². The number of hydrogen-bond acceptors (Lipinski definition) is 8. The van der Waals surface area contributed by atoms with E-state index in [0.717, 1.165) is 12.1 Å². The van der Waals surface area contributed by atoms with Crippen LogP contribution in [0.1, 0.15) is 5.69 Å². The normalized spacial score (nSPS) is 12.5. The molecule has 4 aromatic rings. The fourth-order valence-corrected chi connectivity index (χ4v) is 5.67. The minimum Gasteiger partial charge on any atom is -0.354 e. The minimum atomic E-state index is -5.14. The molecule has 0 amide bonds. The molecule has 0 aliphatic heterocycles. The molecule has 0 saturated carbocycles. The van der Waals surface area contributed by atoms with Crippen molar-refractivity contribution in [2.24, 2.45) is 0 Å². The van der Waals surface area contributed by atoms with E-state index in [1.54, 1.807) is 37.3 Å². The average Bonchev–Trinajstić information content (AvgIpc) is 2.70. The van der Waals surface area contributed by atoms with Crippen molar-refractivity contribution in [3.8, 4) is 0 Å². The Morgan fingerprint density at radius 3 is 1.94 bits per heavy atom. The Hall–Kier alpha value is -2.14. The monoisotopic (exact) mass is 547 g/mol. The van der Waals surface area contributed by atoms with Crippen LogP contribution in [-0.4, -0.2) is 43.9 Å². The number of hydrogen-bond donors (Lipinski definition) is 4.